The molecule has 4 N–H and O–H groups in total. The molecule has 0 aromatic carbocycles. The highest BCUT2D eigenvalue weighted by atomic mass is 16.6. The summed E-state index contributed by atoms with van der Waals surface area (Å²) in [6.45, 7) is 0. The summed E-state index contributed by atoms with van der Waals surface area (Å²) in [5.41, 5.74) is 0. The van der Waals surface area contributed by atoms with Gasteiger partial charge in [-0.3, -0.25) is 20.2 Å². The molecule has 10 heteroatoms. The first-order chi connectivity index (χ1) is 14.0. The Morgan fingerprint density at radius 2 is 0.897 bits per heavy atom. The standard InChI is InChI=1S/C19H32N6O4/c26-24(27)18-8-14-15-9-19(25(28)29)17(23-15)7-13-4-2-11(21-13)5-10-1-3-12(20-10)6-16(18)22-14/h10-23H,1-9H2. The molecule has 0 aromatic rings. The quantitative estimate of drug-likeness (QED) is 0.375. The average Bonchev–Trinajstić information content (AvgIpc) is 3.42. The van der Waals surface area contributed by atoms with E-state index in [-0.39, 0.29) is 34.0 Å². The van der Waals surface area contributed by atoms with Gasteiger partial charge in [-0.25, -0.2) is 0 Å². The Balaban J connectivity index is 1.39. The van der Waals surface area contributed by atoms with E-state index in [1.54, 1.807) is 0 Å². The van der Waals surface area contributed by atoms with Crippen LogP contribution in [0.2, 0.25) is 0 Å². The van der Waals surface area contributed by atoms with E-state index in [9.17, 15) is 20.2 Å². The monoisotopic (exact) mass is 408 g/mol. The average molecular weight is 409 g/mol. The van der Waals surface area contributed by atoms with Crippen LogP contribution in [0.4, 0.5) is 0 Å². The lowest BCUT2D eigenvalue weighted by atomic mass is 9.97. The molecular formula is C19H32N6O4. The molecule has 10 unspecified atom stereocenters. The molecule has 0 amide bonds. The zero-order valence-corrected chi connectivity index (χ0v) is 16.7. The lowest BCUT2D eigenvalue weighted by Gasteiger charge is -2.22. The Labute approximate surface area is 170 Å². The highest BCUT2D eigenvalue weighted by Crippen LogP contribution is 2.33. The predicted octanol–water partition coefficient (Wildman–Crippen LogP) is 0.163. The molecule has 10 nitrogen and oxygen atoms in total. The third-order valence-electron chi connectivity index (χ3n) is 8.12. The highest BCUT2D eigenvalue weighted by molar-refractivity contribution is 5.06. The molecule has 0 aromatic heterocycles. The molecule has 10 atom stereocenters. The predicted molar refractivity (Wildman–Crippen MR) is 106 cm³/mol. The van der Waals surface area contributed by atoms with Crippen molar-refractivity contribution in [3.8, 4) is 0 Å². The van der Waals surface area contributed by atoms with Crippen molar-refractivity contribution in [3.05, 3.63) is 20.2 Å². The van der Waals surface area contributed by atoms with Gasteiger partial charge in [-0.05, 0) is 44.9 Å². The Morgan fingerprint density at radius 3 is 1.28 bits per heavy atom. The van der Waals surface area contributed by atoms with Crippen molar-refractivity contribution < 1.29 is 9.85 Å². The second-order valence-corrected chi connectivity index (χ2v) is 9.92. The fraction of sp³-hybridized carbons (Fsp3) is 1.00. The number of hydrogen-bond acceptors (Lipinski definition) is 8. The molecule has 0 spiro atoms. The molecule has 5 heterocycles. The van der Waals surface area contributed by atoms with E-state index in [1.165, 1.54) is 0 Å². The highest BCUT2D eigenvalue weighted by Gasteiger charge is 2.51. The van der Waals surface area contributed by atoms with Gasteiger partial charge in [0.05, 0.1) is 12.1 Å². The third kappa shape index (κ3) is 3.87. The minimum Gasteiger partial charge on any atom is -0.311 e. The van der Waals surface area contributed by atoms with Gasteiger partial charge in [0.2, 0.25) is 12.1 Å². The van der Waals surface area contributed by atoms with Gasteiger partial charge in [0, 0.05) is 58.9 Å². The first kappa shape index (κ1) is 19.6. The van der Waals surface area contributed by atoms with Gasteiger partial charge in [0.15, 0.2) is 0 Å². The summed E-state index contributed by atoms with van der Waals surface area (Å²) in [5, 5.41) is 37.9. The summed E-state index contributed by atoms with van der Waals surface area (Å²) in [7, 11) is 0. The largest absolute Gasteiger partial charge is 0.311 e. The van der Waals surface area contributed by atoms with Crippen LogP contribution in [0.3, 0.4) is 0 Å². The van der Waals surface area contributed by atoms with E-state index in [1.807, 2.05) is 0 Å². The topological polar surface area (TPSA) is 134 Å². The SMILES string of the molecule is O=[N+]([O-])C1CC2NC1CC1CCC(CC3CCC(CC4NC2CC4[N+](=O)[O-])N3)N1. The fourth-order valence-electron chi connectivity index (χ4n) is 6.74. The van der Waals surface area contributed by atoms with E-state index in [0.717, 1.165) is 44.9 Å². The number of rotatable bonds is 2. The Kier molecular flexibility index (Phi) is 5.21. The number of hydrogen-bond donors (Lipinski definition) is 4. The van der Waals surface area contributed by atoms with Gasteiger partial charge in [0.1, 0.15) is 0 Å². The van der Waals surface area contributed by atoms with Gasteiger partial charge in [-0.2, -0.15) is 0 Å². The first-order valence-corrected chi connectivity index (χ1v) is 11.3. The number of fused-ring (bicyclic) bond motifs is 9. The number of nitro groups is 2. The van der Waals surface area contributed by atoms with E-state index in [4.69, 9.17) is 0 Å². The molecule has 0 aliphatic carbocycles. The molecule has 5 rings (SSSR count). The minimum absolute atomic E-state index is 0.0746. The van der Waals surface area contributed by atoms with Crippen LogP contribution >= 0.6 is 0 Å². The maximum Gasteiger partial charge on any atom is 0.229 e. The van der Waals surface area contributed by atoms with Crippen LogP contribution in [0.15, 0.2) is 0 Å². The fourth-order valence-corrected chi connectivity index (χ4v) is 6.74. The smallest absolute Gasteiger partial charge is 0.229 e. The van der Waals surface area contributed by atoms with Crippen LogP contribution < -0.4 is 21.3 Å². The van der Waals surface area contributed by atoms with Crippen LogP contribution in [0.5, 0.6) is 0 Å². The molecule has 8 bridgehead atoms. The lowest BCUT2D eigenvalue weighted by molar-refractivity contribution is -0.524. The van der Waals surface area contributed by atoms with Crippen molar-refractivity contribution in [3.63, 3.8) is 0 Å². The van der Waals surface area contributed by atoms with E-state index in [2.05, 4.69) is 21.3 Å². The Hall–Kier alpha value is -1.36. The second-order valence-electron chi connectivity index (χ2n) is 9.92. The molecule has 162 valence electrons. The van der Waals surface area contributed by atoms with Gasteiger partial charge in [-0.15, -0.1) is 0 Å². The molecular weight excluding hydrogens is 376 g/mol. The number of nitrogens with one attached hydrogen (secondary N) is 4. The third-order valence-corrected chi connectivity index (χ3v) is 8.12. The van der Waals surface area contributed by atoms with Crippen LogP contribution in [-0.2, 0) is 0 Å². The maximum absolute atomic E-state index is 11.7. The molecule has 0 radical (unpaired) electrons. The summed E-state index contributed by atoms with van der Waals surface area (Å²) >= 11 is 0. The van der Waals surface area contributed by atoms with Gasteiger partial charge < -0.3 is 21.3 Å². The zero-order valence-electron chi connectivity index (χ0n) is 16.7. The van der Waals surface area contributed by atoms with E-state index in [0.29, 0.717) is 37.0 Å². The molecule has 5 aliphatic heterocycles. The summed E-state index contributed by atoms with van der Waals surface area (Å²) < 4.78 is 0. The van der Waals surface area contributed by atoms with Gasteiger partial charge in [0.25, 0.3) is 0 Å². The molecule has 29 heavy (non-hydrogen) atoms. The van der Waals surface area contributed by atoms with Gasteiger partial charge in [-0.1, -0.05) is 0 Å². The van der Waals surface area contributed by atoms with Crippen molar-refractivity contribution in [2.75, 3.05) is 0 Å². The summed E-state index contributed by atoms with van der Waals surface area (Å²) in [5.74, 6) is 0. The van der Waals surface area contributed by atoms with Gasteiger partial charge >= 0.3 is 0 Å². The molecule has 5 saturated heterocycles. The van der Waals surface area contributed by atoms with Crippen LogP contribution in [0, 0.1) is 20.2 Å². The van der Waals surface area contributed by atoms with Crippen molar-refractivity contribution in [1.82, 2.24) is 21.3 Å². The van der Waals surface area contributed by atoms with Crippen molar-refractivity contribution >= 4 is 0 Å². The first-order valence-electron chi connectivity index (χ1n) is 11.3. The van der Waals surface area contributed by atoms with Crippen molar-refractivity contribution in [1.29, 1.82) is 0 Å². The van der Waals surface area contributed by atoms with E-state index < -0.39 is 12.1 Å². The maximum atomic E-state index is 11.7. The van der Waals surface area contributed by atoms with Crippen LogP contribution in [-0.4, -0.2) is 70.3 Å². The zero-order chi connectivity index (χ0) is 20.1. The lowest BCUT2D eigenvalue weighted by Crippen LogP contribution is -2.48. The van der Waals surface area contributed by atoms with Crippen LogP contribution in [0.1, 0.15) is 57.8 Å². The summed E-state index contributed by atoms with van der Waals surface area (Å²) in [4.78, 5) is 23.1. The second kappa shape index (κ2) is 7.72. The van der Waals surface area contributed by atoms with Crippen LogP contribution in [0.25, 0.3) is 0 Å². The molecule has 5 fully saturated rings. The van der Waals surface area contributed by atoms with Crippen molar-refractivity contribution in [2.45, 2.75) is 118 Å². The van der Waals surface area contributed by atoms with Crippen molar-refractivity contribution in [2.24, 2.45) is 0 Å². The molecule has 5 aliphatic rings. The normalized spacial score (nSPS) is 49.5. The Bertz CT molecular complexity index is 611. The minimum atomic E-state index is -0.610. The summed E-state index contributed by atoms with van der Waals surface area (Å²) in [6.07, 6.45) is 7.89. The molecule has 0 saturated carbocycles. The summed E-state index contributed by atoms with van der Waals surface area (Å²) in [6, 6.07) is -0.134. The number of nitrogens with zero attached hydrogens (tertiary/aromatic N) is 2. The Morgan fingerprint density at radius 1 is 0.517 bits per heavy atom. The van der Waals surface area contributed by atoms with E-state index >= 15 is 0 Å².